The third-order valence-electron chi connectivity index (χ3n) is 3.99. The third kappa shape index (κ3) is 4.18. The topological polar surface area (TPSA) is 102 Å². The number of hydrogen-bond acceptors (Lipinski definition) is 4. The lowest BCUT2D eigenvalue weighted by atomic mass is 10.1. The molecule has 0 saturated carbocycles. The van der Waals surface area contributed by atoms with Crippen LogP contribution >= 0.6 is 0 Å². The molecule has 1 aliphatic heterocycles. The lowest BCUT2D eigenvalue weighted by molar-refractivity contribution is -0.121. The van der Waals surface area contributed by atoms with Gasteiger partial charge in [0.1, 0.15) is 5.75 Å². The molecule has 134 valence electrons. The highest BCUT2D eigenvalue weighted by molar-refractivity contribution is 5.99. The molecule has 0 spiro atoms. The SMILES string of the molecule is NC(=O)Cc1ccc(NC(=O)CCN2C(=O)COc3ccccc32)cc1. The van der Waals surface area contributed by atoms with Crippen LogP contribution in [0.25, 0.3) is 0 Å². The van der Waals surface area contributed by atoms with Gasteiger partial charge < -0.3 is 20.7 Å². The van der Waals surface area contributed by atoms with Crippen LogP contribution in [0, 0.1) is 0 Å². The van der Waals surface area contributed by atoms with Crippen LogP contribution in [0.1, 0.15) is 12.0 Å². The summed E-state index contributed by atoms with van der Waals surface area (Å²) in [6.07, 6.45) is 0.315. The summed E-state index contributed by atoms with van der Waals surface area (Å²) in [4.78, 5) is 36.7. The quantitative estimate of drug-likeness (QED) is 0.821. The van der Waals surface area contributed by atoms with E-state index in [0.29, 0.717) is 17.1 Å². The van der Waals surface area contributed by atoms with Crippen LogP contribution in [0.15, 0.2) is 48.5 Å². The summed E-state index contributed by atoms with van der Waals surface area (Å²) < 4.78 is 5.38. The van der Waals surface area contributed by atoms with Gasteiger partial charge in [-0.2, -0.15) is 0 Å². The average molecular weight is 353 g/mol. The fourth-order valence-electron chi connectivity index (χ4n) is 2.74. The number of primary amides is 1. The number of rotatable bonds is 6. The van der Waals surface area contributed by atoms with Gasteiger partial charge in [0.25, 0.3) is 5.91 Å². The highest BCUT2D eigenvalue weighted by Gasteiger charge is 2.25. The molecule has 2 aromatic carbocycles. The van der Waals surface area contributed by atoms with E-state index < -0.39 is 5.91 Å². The first-order chi connectivity index (χ1) is 12.5. The van der Waals surface area contributed by atoms with Gasteiger partial charge in [-0.3, -0.25) is 14.4 Å². The minimum atomic E-state index is -0.405. The molecule has 7 heteroatoms. The minimum Gasteiger partial charge on any atom is -0.482 e. The molecular formula is C19H19N3O4. The first kappa shape index (κ1) is 17.5. The van der Waals surface area contributed by atoms with E-state index in [2.05, 4.69) is 5.32 Å². The molecule has 2 aromatic rings. The minimum absolute atomic E-state index is 0.0278. The van der Waals surface area contributed by atoms with E-state index in [-0.39, 0.29) is 37.8 Å². The van der Waals surface area contributed by atoms with Crippen molar-refractivity contribution in [2.45, 2.75) is 12.8 Å². The molecule has 0 aromatic heterocycles. The normalized spacial score (nSPS) is 12.9. The second kappa shape index (κ2) is 7.69. The van der Waals surface area contributed by atoms with Crippen molar-refractivity contribution < 1.29 is 19.1 Å². The number of fused-ring (bicyclic) bond motifs is 1. The summed E-state index contributed by atoms with van der Waals surface area (Å²) in [5.74, 6) is -0.147. The van der Waals surface area contributed by atoms with Crippen molar-refractivity contribution in [2.75, 3.05) is 23.4 Å². The van der Waals surface area contributed by atoms with Gasteiger partial charge in [-0.1, -0.05) is 24.3 Å². The van der Waals surface area contributed by atoms with E-state index in [9.17, 15) is 14.4 Å². The highest BCUT2D eigenvalue weighted by atomic mass is 16.5. The average Bonchev–Trinajstić information content (AvgIpc) is 2.62. The molecule has 3 rings (SSSR count). The number of hydrogen-bond donors (Lipinski definition) is 2. The molecule has 3 amide bonds. The van der Waals surface area contributed by atoms with Crippen LogP contribution in [-0.4, -0.2) is 30.9 Å². The van der Waals surface area contributed by atoms with Crippen LogP contribution in [0.2, 0.25) is 0 Å². The van der Waals surface area contributed by atoms with Gasteiger partial charge in [-0.25, -0.2) is 0 Å². The summed E-state index contributed by atoms with van der Waals surface area (Å²) in [5, 5.41) is 2.78. The molecule has 1 heterocycles. The second-order valence-electron chi connectivity index (χ2n) is 5.94. The van der Waals surface area contributed by atoms with Gasteiger partial charge in [-0.15, -0.1) is 0 Å². The monoisotopic (exact) mass is 353 g/mol. The van der Waals surface area contributed by atoms with Gasteiger partial charge in [0.15, 0.2) is 6.61 Å². The Morgan fingerprint density at radius 3 is 2.58 bits per heavy atom. The fourth-order valence-corrected chi connectivity index (χ4v) is 2.74. The number of carbonyl (C=O) groups is 3. The Kier molecular flexibility index (Phi) is 5.17. The van der Waals surface area contributed by atoms with Gasteiger partial charge in [0.2, 0.25) is 11.8 Å². The van der Waals surface area contributed by atoms with Crippen molar-refractivity contribution in [3.63, 3.8) is 0 Å². The van der Waals surface area contributed by atoms with E-state index in [1.807, 2.05) is 12.1 Å². The zero-order chi connectivity index (χ0) is 18.5. The molecule has 0 bridgehead atoms. The maximum absolute atomic E-state index is 12.2. The van der Waals surface area contributed by atoms with E-state index >= 15 is 0 Å². The van der Waals surface area contributed by atoms with E-state index in [0.717, 1.165) is 5.56 Å². The Morgan fingerprint density at radius 2 is 1.85 bits per heavy atom. The summed E-state index contributed by atoms with van der Waals surface area (Å²) in [6.45, 7) is 0.241. The third-order valence-corrected chi connectivity index (χ3v) is 3.99. The smallest absolute Gasteiger partial charge is 0.265 e. The number of amides is 3. The Balaban J connectivity index is 1.57. The number of nitrogens with one attached hydrogen (secondary N) is 1. The molecule has 0 unspecified atom stereocenters. The second-order valence-corrected chi connectivity index (χ2v) is 5.94. The maximum atomic E-state index is 12.2. The molecular weight excluding hydrogens is 334 g/mol. The first-order valence-electron chi connectivity index (χ1n) is 8.22. The lowest BCUT2D eigenvalue weighted by Gasteiger charge is -2.29. The first-order valence-corrected chi connectivity index (χ1v) is 8.22. The number of nitrogens with zero attached hydrogens (tertiary/aromatic N) is 1. The van der Waals surface area contributed by atoms with Crippen molar-refractivity contribution in [1.82, 2.24) is 0 Å². The molecule has 3 N–H and O–H groups in total. The van der Waals surface area contributed by atoms with Crippen LogP contribution in [0.4, 0.5) is 11.4 Å². The molecule has 0 aliphatic carbocycles. The van der Waals surface area contributed by atoms with Crippen molar-refractivity contribution in [1.29, 1.82) is 0 Å². The van der Waals surface area contributed by atoms with Crippen LogP contribution in [0.3, 0.4) is 0 Å². The number of para-hydroxylation sites is 2. The molecule has 1 aliphatic rings. The molecule has 0 saturated heterocycles. The van der Waals surface area contributed by atoms with Crippen LogP contribution < -0.4 is 20.7 Å². The van der Waals surface area contributed by atoms with Gasteiger partial charge in [0, 0.05) is 18.7 Å². The predicted molar refractivity (Wildman–Crippen MR) is 96.9 cm³/mol. The molecule has 0 atom stereocenters. The summed E-state index contributed by atoms with van der Waals surface area (Å²) >= 11 is 0. The zero-order valence-electron chi connectivity index (χ0n) is 14.1. The van der Waals surface area contributed by atoms with Crippen LogP contribution in [-0.2, 0) is 20.8 Å². The number of carbonyl (C=O) groups excluding carboxylic acids is 3. The summed E-state index contributed by atoms with van der Waals surface area (Å²) in [6, 6.07) is 14.1. The van der Waals surface area contributed by atoms with Crippen molar-refractivity contribution in [3.05, 3.63) is 54.1 Å². The number of ether oxygens (including phenoxy) is 1. The standard InChI is InChI=1S/C19H19N3O4/c20-17(23)11-13-5-7-14(8-6-13)21-18(24)9-10-22-15-3-1-2-4-16(15)26-12-19(22)25/h1-8H,9-12H2,(H2,20,23)(H,21,24). The van der Waals surface area contributed by atoms with E-state index in [4.69, 9.17) is 10.5 Å². The van der Waals surface area contributed by atoms with E-state index in [1.165, 1.54) is 0 Å². The largest absolute Gasteiger partial charge is 0.482 e. The highest BCUT2D eigenvalue weighted by Crippen LogP contribution is 2.31. The number of anilines is 2. The Labute approximate surface area is 150 Å². The number of nitrogens with two attached hydrogens (primary N) is 1. The lowest BCUT2D eigenvalue weighted by Crippen LogP contribution is -2.40. The Morgan fingerprint density at radius 1 is 1.12 bits per heavy atom. The summed E-state index contributed by atoms with van der Waals surface area (Å²) in [5.41, 5.74) is 7.23. The maximum Gasteiger partial charge on any atom is 0.265 e. The van der Waals surface area contributed by atoms with Gasteiger partial charge in [-0.05, 0) is 29.8 Å². The molecule has 0 radical (unpaired) electrons. The van der Waals surface area contributed by atoms with Gasteiger partial charge >= 0.3 is 0 Å². The van der Waals surface area contributed by atoms with Crippen molar-refractivity contribution in [2.24, 2.45) is 5.73 Å². The van der Waals surface area contributed by atoms with E-state index in [1.54, 1.807) is 41.3 Å². The molecule has 7 nitrogen and oxygen atoms in total. The van der Waals surface area contributed by atoms with Gasteiger partial charge in [0.05, 0.1) is 12.1 Å². The Hall–Kier alpha value is -3.35. The Bertz CT molecular complexity index is 833. The predicted octanol–water partition coefficient (Wildman–Crippen LogP) is 1.47. The molecule has 26 heavy (non-hydrogen) atoms. The van der Waals surface area contributed by atoms with Crippen molar-refractivity contribution in [3.8, 4) is 5.75 Å². The molecule has 0 fully saturated rings. The van der Waals surface area contributed by atoms with Crippen molar-refractivity contribution >= 4 is 29.1 Å². The fraction of sp³-hybridized carbons (Fsp3) is 0.211. The zero-order valence-corrected chi connectivity index (χ0v) is 14.1. The van der Waals surface area contributed by atoms with Crippen LogP contribution in [0.5, 0.6) is 5.75 Å². The number of benzene rings is 2. The summed E-state index contributed by atoms with van der Waals surface area (Å²) in [7, 11) is 0.